The molecule has 1 aromatic carbocycles. The van der Waals surface area contributed by atoms with Crippen molar-refractivity contribution in [2.45, 2.75) is 52.1 Å². The van der Waals surface area contributed by atoms with Crippen molar-refractivity contribution in [1.29, 1.82) is 0 Å². The zero-order valence-electron chi connectivity index (χ0n) is 13.2. The molecule has 1 N–H and O–H groups in total. The highest BCUT2D eigenvalue weighted by atomic mass is 16.2. The van der Waals surface area contributed by atoms with Crippen molar-refractivity contribution in [3.63, 3.8) is 0 Å². The van der Waals surface area contributed by atoms with Gasteiger partial charge in [-0.1, -0.05) is 32.9 Å². The van der Waals surface area contributed by atoms with E-state index in [4.69, 9.17) is 0 Å². The smallest absolute Gasteiger partial charge is 0.253 e. The van der Waals surface area contributed by atoms with Gasteiger partial charge in [-0.25, -0.2) is 0 Å². The van der Waals surface area contributed by atoms with Gasteiger partial charge in [0.25, 0.3) is 5.91 Å². The molecule has 1 saturated heterocycles. The summed E-state index contributed by atoms with van der Waals surface area (Å²) in [5, 5.41) is 3.45. The molecule has 0 aromatic heterocycles. The fraction of sp³-hybridized carbons (Fsp3) is 0.588. The van der Waals surface area contributed by atoms with Crippen molar-refractivity contribution >= 4 is 5.91 Å². The predicted octanol–water partition coefficient (Wildman–Crippen LogP) is 2.81. The van der Waals surface area contributed by atoms with Gasteiger partial charge in [0.05, 0.1) is 0 Å². The van der Waals surface area contributed by atoms with Crippen LogP contribution in [0.5, 0.6) is 0 Å². The molecule has 0 saturated carbocycles. The molecule has 1 aliphatic heterocycles. The fourth-order valence-electron chi connectivity index (χ4n) is 2.79. The molecule has 2 unspecified atom stereocenters. The first-order chi connectivity index (χ1) is 9.27. The van der Waals surface area contributed by atoms with Gasteiger partial charge in [0, 0.05) is 30.7 Å². The molecular formula is C17H26N2O. The minimum absolute atomic E-state index is 0.125. The Labute approximate surface area is 122 Å². The van der Waals surface area contributed by atoms with Gasteiger partial charge in [0.1, 0.15) is 0 Å². The maximum Gasteiger partial charge on any atom is 0.253 e. The zero-order valence-corrected chi connectivity index (χ0v) is 13.2. The highest BCUT2D eigenvalue weighted by Crippen LogP contribution is 2.22. The number of nitrogens with zero attached hydrogens (tertiary/aromatic N) is 1. The number of carbonyl (C=O) groups excluding carboxylic acids is 1. The summed E-state index contributed by atoms with van der Waals surface area (Å²) in [5.41, 5.74) is 2.18. The SMILES string of the molecule is CC1CN(C(=O)c2ccc(C(C)(C)C)cc2)CC(C)N1. The third kappa shape index (κ3) is 3.40. The maximum absolute atomic E-state index is 12.5. The van der Waals surface area contributed by atoms with Crippen molar-refractivity contribution in [3.05, 3.63) is 35.4 Å². The Balaban J connectivity index is 2.13. The molecule has 1 amide bonds. The Hall–Kier alpha value is -1.35. The van der Waals surface area contributed by atoms with Crippen LogP contribution < -0.4 is 5.32 Å². The summed E-state index contributed by atoms with van der Waals surface area (Å²) in [5.74, 6) is 0.144. The highest BCUT2D eigenvalue weighted by Gasteiger charge is 2.25. The lowest BCUT2D eigenvalue weighted by molar-refractivity contribution is 0.0673. The largest absolute Gasteiger partial charge is 0.336 e. The normalized spacial score (nSPS) is 23.8. The number of benzene rings is 1. The molecule has 2 atom stereocenters. The van der Waals surface area contributed by atoms with Gasteiger partial charge in [0.15, 0.2) is 0 Å². The Morgan fingerprint density at radius 1 is 1.10 bits per heavy atom. The van der Waals surface area contributed by atoms with E-state index < -0.39 is 0 Å². The average Bonchev–Trinajstić information content (AvgIpc) is 2.36. The summed E-state index contributed by atoms with van der Waals surface area (Å²) in [7, 11) is 0. The third-order valence-electron chi connectivity index (χ3n) is 3.84. The van der Waals surface area contributed by atoms with E-state index in [2.05, 4.69) is 52.1 Å². The lowest BCUT2D eigenvalue weighted by atomic mass is 9.86. The van der Waals surface area contributed by atoms with Gasteiger partial charge in [-0.3, -0.25) is 4.79 Å². The van der Waals surface area contributed by atoms with Crippen LogP contribution in [0.2, 0.25) is 0 Å². The van der Waals surface area contributed by atoms with E-state index in [0.717, 1.165) is 18.7 Å². The van der Waals surface area contributed by atoms with Crippen LogP contribution in [0.1, 0.15) is 50.5 Å². The van der Waals surface area contributed by atoms with Crippen LogP contribution in [0.15, 0.2) is 24.3 Å². The molecule has 0 spiro atoms. The molecular weight excluding hydrogens is 248 g/mol. The second kappa shape index (κ2) is 5.57. The average molecular weight is 274 g/mol. The van der Waals surface area contributed by atoms with Crippen LogP contribution >= 0.6 is 0 Å². The van der Waals surface area contributed by atoms with Crippen LogP contribution in [0.3, 0.4) is 0 Å². The second-order valence-corrected chi connectivity index (χ2v) is 7.01. The number of amides is 1. The summed E-state index contributed by atoms with van der Waals surface area (Å²) < 4.78 is 0. The molecule has 1 heterocycles. The highest BCUT2D eigenvalue weighted by molar-refractivity contribution is 5.94. The Morgan fingerprint density at radius 3 is 2.05 bits per heavy atom. The van der Waals surface area contributed by atoms with Crippen LogP contribution in [0, 0.1) is 0 Å². The van der Waals surface area contributed by atoms with Gasteiger partial charge < -0.3 is 10.2 Å². The fourth-order valence-corrected chi connectivity index (χ4v) is 2.79. The Bertz CT molecular complexity index is 463. The van der Waals surface area contributed by atoms with Crippen LogP contribution in [-0.2, 0) is 5.41 Å². The van der Waals surface area contributed by atoms with Crippen LogP contribution in [-0.4, -0.2) is 36.0 Å². The van der Waals surface area contributed by atoms with E-state index in [1.807, 2.05) is 17.0 Å². The van der Waals surface area contributed by atoms with Crippen LogP contribution in [0.25, 0.3) is 0 Å². The Morgan fingerprint density at radius 2 is 1.60 bits per heavy atom. The second-order valence-electron chi connectivity index (χ2n) is 7.01. The summed E-state index contributed by atoms with van der Waals surface area (Å²) in [6.07, 6.45) is 0. The van der Waals surface area contributed by atoms with Gasteiger partial charge >= 0.3 is 0 Å². The van der Waals surface area contributed by atoms with Crippen molar-refractivity contribution in [1.82, 2.24) is 10.2 Å². The van der Waals surface area contributed by atoms with Crippen molar-refractivity contribution in [3.8, 4) is 0 Å². The third-order valence-corrected chi connectivity index (χ3v) is 3.84. The zero-order chi connectivity index (χ0) is 14.9. The lowest BCUT2D eigenvalue weighted by Crippen LogP contribution is -2.55. The summed E-state index contributed by atoms with van der Waals surface area (Å²) in [4.78, 5) is 14.5. The van der Waals surface area contributed by atoms with Crippen molar-refractivity contribution in [2.75, 3.05) is 13.1 Å². The standard InChI is InChI=1S/C17H26N2O/c1-12-10-19(11-13(2)18-12)16(20)14-6-8-15(9-7-14)17(3,4)5/h6-9,12-13,18H,10-11H2,1-5H3. The minimum atomic E-state index is 0.125. The van der Waals surface area contributed by atoms with Gasteiger partial charge in [-0.2, -0.15) is 0 Å². The quantitative estimate of drug-likeness (QED) is 0.854. The molecule has 110 valence electrons. The summed E-state index contributed by atoms with van der Waals surface area (Å²) in [6, 6.07) is 8.78. The minimum Gasteiger partial charge on any atom is -0.336 e. The van der Waals surface area contributed by atoms with Crippen LogP contribution in [0.4, 0.5) is 0 Å². The first-order valence-corrected chi connectivity index (χ1v) is 7.43. The van der Waals surface area contributed by atoms with E-state index in [9.17, 15) is 4.79 Å². The Kier molecular flexibility index (Phi) is 4.19. The summed E-state index contributed by atoms with van der Waals surface area (Å²) >= 11 is 0. The molecule has 3 heteroatoms. The topological polar surface area (TPSA) is 32.3 Å². The van der Waals surface area contributed by atoms with E-state index in [1.54, 1.807) is 0 Å². The predicted molar refractivity (Wildman–Crippen MR) is 83.1 cm³/mol. The molecule has 20 heavy (non-hydrogen) atoms. The molecule has 1 fully saturated rings. The molecule has 3 nitrogen and oxygen atoms in total. The number of rotatable bonds is 1. The van der Waals surface area contributed by atoms with E-state index in [1.165, 1.54) is 5.56 Å². The molecule has 1 aromatic rings. The lowest BCUT2D eigenvalue weighted by Gasteiger charge is -2.36. The molecule has 1 aliphatic rings. The number of piperazine rings is 1. The van der Waals surface area contributed by atoms with Gasteiger partial charge in [-0.15, -0.1) is 0 Å². The number of nitrogens with one attached hydrogen (secondary N) is 1. The number of carbonyl (C=O) groups is 1. The van der Waals surface area contributed by atoms with Gasteiger partial charge in [0.2, 0.25) is 0 Å². The molecule has 0 radical (unpaired) electrons. The molecule has 0 aliphatic carbocycles. The van der Waals surface area contributed by atoms with E-state index in [-0.39, 0.29) is 11.3 Å². The van der Waals surface area contributed by atoms with Crippen molar-refractivity contribution < 1.29 is 4.79 Å². The number of hydrogen-bond acceptors (Lipinski definition) is 2. The first-order valence-electron chi connectivity index (χ1n) is 7.43. The monoisotopic (exact) mass is 274 g/mol. The summed E-state index contributed by atoms with van der Waals surface area (Å²) in [6.45, 7) is 12.4. The first kappa shape index (κ1) is 15.0. The van der Waals surface area contributed by atoms with E-state index >= 15 is 0 Å². The molecule has 2 rings (SSSR count). The van der Waals surface area contributed by atoms with Crippen molar-refractivity contribution in [2.24, 2.45) is 0 Å². The van der Waals surface area contributed by atoms with Gasteiger partial charge in [-0.05, 0) is 37.0 Å². The maximum atomic E-state index is 12.5. The van der Waals surface area contributed by atoms with E-state index in [0.29, 0.717) is 12.1 Å². The molecule has 0 bridgehead atoms. The number of hydrogen-bond donors (Lipinski definition) is 1.